The lowest BCUT2D eigenvalue weighted by Crippen LogP contribution is -2.39. The van der Waals surface area contributed by atoms with Crippen LogP contribution in [0.3, 0.4) is 0 Å². The van der Waals surface area contributed by atoms with Gasteiger partial charge in [-0.2, -0.15) is 0 Å². The van der Waals surface area contributed by atoms with Crippen LogP contribution in [0, 0.1) is 0 Å². The Hall–Kier alpha value is -1.89. The first-order valence-corrected chi connectivity index (χ1v) is 6.33. The molecule has 0 bridgehead atoms. The number of rotatable bonds is 5. The second kappa shape index (κ2) is 5.62. The van der Waals surface area contributed by atoms with Gasteiger partial charge in [-0.25, -0.2) is 9.78 Å². The summed E-state index contributed by atoms with van der Waals surface area (Å²) in [6, 6.07) is 0. The minimum Gasteiger partial charge on any atom is -0.393 e. The quantitative estimate of drug-likeness (QED) is 0.783. The zero-order valence-electron chi connectivity index (χ0n) is 15.5. The number of hydrogen-bond acceptors (Lipinski definition) is 4. The fourth-order valence-electron chi connectivity index (χ4n) is 2.10. The van der Waals surface area contributed by atoms with Crippen molar-refractivity contribution in [2.75, 3.05) is 0 Å². The van der Waals surface area contributed by atoms with E-state index >= 15 is 0 Å². The molecule has 110 valence electrons. The van der Waals surface area contributed by atoms with E-state index in [1.165, 1.54) is 17.8 Å². The van der Waals surface area contributed by atoms with Crippen LogP contribution in [0.25, 0.3) is 11.2 Å². The highest BCUT2D eigenvalue weighted by Crippen LogP contribution is 2.04. The van der Waals surface area contributed by atoms with Crippen LogP contribution >= 0.6 is 0 Å². The van der Waals surface area contributed by atoms with E-state index in [0.717, 1.165) is 4.57 Å². The van der Waals surface area contributed by atoms with Crippen LogP contribution in [0.5, 0.6) is 0 Å². The van der Waals surface area contributed by atoms with Crippen molar-refractivity contribution in [1.82, 2.24) is 18.7 Å². The molecule has 20 heavy (non-hydrogen) atoms. The van der Waals surface area contributed by atoms with Crippen molar-refractivity contribution in [2.24, 2.45) is 14.0 Å². The molecule has 2 heterocycles. The summed E-state index contributed by atoms with van der Waals surface area (Å²) < 4.78 is 32.8. The van der Waals surface area contributed by atoms with Crippen LogP contribution in [-0.4, -0.2) is 29.9 Å². The van der Waals surface area contributed by atoms with Crippen LogP contribution in [0.4, 0.5) is 0 Å². The minimum atomic E-state index is -2.76. The summed E-state index contributed by atoms with van der Waals surface area (Å²) in [7, 11) is 1.55. The van der Waals surface area contributed by atoms with Crippen molar-refractivity contribution in [3.8, 4) is 0 Å². The Morgan fingerprint density at radius 1 is 1.50 bits per heavy atom. The van der Waals surface area contributed by atoms with E-state index in [4.69, 9.17) is 5.48 Å². The maximum Gasteiger partial charge on any atom is 0.332 e. The molecule has 2 rings (SSSR count). The number of hydrogen-bond donors (Lipinski definition) is 1. The van der Waals surface area contributed by atoms with Crippen molar-refractivity contribution < 1.29 is 10.6 Å². The Bertz CT molecular complexity index is 857. The summed E-state index contributed by atoms with van der Waals surface area (Å²) in [5.74, 6) is 0. The second-order valence-electron chi connectivity index (χ2n) is 4.79. The van der Waals surface area contributed by atoms with Gasteiger partial charge in [0.1, 0.15) is 0 Å². The van der Waals surface area contributed by atoms with Gasteiger partial charge in [-0.15, -0.1) is 0 Å². The largest absolute Gasteiger partial charge is 0.393 e. The monoisotopic (exact) mass is 284 g/mol. The molecule has 0 aliphatic carbocycles. The van der Waals surface area contributed by atoms with Gasteiger partial charge in [-0.3, -0.25) is 13.9 Å². The van der Waals surface area contributed by atoms with Gasteiger partial charge in [0.2, 0.25) is 0 Å². The smallest absolute Gasteiger partial charge is 0.332 e. The molecule has 0 aliphatic rings. The predicted octanol–water partition coefficient (Wildman–Crippen LogP) is -0.0152. The molecule has 0 unspecified atom stereocenters. The number of unbranched alkanes of at least 4 members (excludes halogenated alkanes) is 1. The molecule has 1 atom stereocenters. The number of fused-ring (bicyclic) bond motifs is 1. The molecule has 0 amide bonds. The first-order chi connectivity index (χ1) is 10.9. The highest BCUT2D eigenvalue weighted by atomic mass is 16.3. The Kier molecular flexibility index (Phi) is 2.79. The van der Waals surface area contributed by atoms with E-state index < -0.39 is 24.3 Å². The third kappa shape index (κ3) is 2.53. The maximum absolute atomic E-state index is 12.5. The highest BCUT2D eigenvalue weighted by Gasteiger charge is 2.14. The molecule has 0 saturated carbocycles. The molecular formula is C13H20N4O3. The maximum atomic E-state index is 12.5. The normalized spacial score (nSPS) is 18.1. The number of aliphatic hydroxyl groups is 1. The van der Waals surface area contributed by atoms with Gasteiger partial charge in [-0.1, -0.05) is 0 Å². The molecule has 2 aromatic rings. The van der Waals surface area contributed by atoms with E-state index in [1.54, 1.807) is 7.05 Å². The molecule has 0 aliphatic heterocycles. The van der Waals surface area contributed by atoms with Crippen LogP contribution in [0.2, 0.25) is 0 Å². The summed E-state index contributed by atoms with van der Waals surface area (Å²) in [6.07, 6.45) is 0.669. The highest BCUT2D eigenvalue weighted by molar-refractivity contribution is 5.69. The van der Waals surface area contributed by atoms with Crippen molar-refractivity contribution in [3.05, 3.63) is 27.2 Å². The standard InChI is InChI=1S/C13H20N4O3/c1-9(18)6-4-5-7-17-12(19)10-11(14-8-15(10)2)16(3)13(17)20/h8-9,18H,4-7H2,1-3H3/t9-/m1/s1/i3D3,9D. The first-order valence-electron chi connectivity index (χ1n) is 8.33. The minimum absolute atomic E-state index is 0.00491. The zero-order valence-corrected chi connectivity index (χ0v) is 11.5. The van der Waals surface area contributed by atoms with Gasteiger partial charge in [0, 0.05) is 24.7 Å². The van der Waals surface area contributed by atoms with E-state index in [0.29, 0.717) is 17.4 Å². The summed E-state index contributed by atoms with van der Waals surface area (Å²) >= 11 is 0. The molecule has 1 N–H and O–H groups in total. The van der Waals surface area contributed by atoms with Gasteiger partial charge < -0.3 is 9.67 Å². The van der Waals surface area contributed by atoms with Crippen LogP contribution in [0.15, 0.2) is 15.9 Å². The first kappa shape index (κ1) is 9.93. The Balaban J connectivity index is 2.49. The molecule has 0 spiro atoms. The average molecular weight is 284 g/mol. The van der Waals surface area contributed by atoms with Gasteiger partial charge >= 0.3 is 5.69 Å². The summed E-state index contributed by atoms with van der Waals surface area (Å²) in [6.45, 7) is -1.41. The molecular weight excluding hydrogens is 260 g/mol. The zero-order chi connectivity index (χ0) is 18.3. The summed E-state index contributed by atoms with van der Waals surface area (Å²) in [5, 5.41) is 9.37. The van der Waals surface area contributed by atoms with Gasteiger partial charge in [0.15, 0.2) is 11.2 Å². The molecule has 7 heteroatoms. The summed E-state index contributed by atoms with van der Waals surface area (Å²) in [5.41, 5.74) is -1.67. The number of aromatic nitrogens is 4. The van der Waals surface area contributed by atoms with Gasteiger partial charge in [0.25, 0.3) is 5.56 Å². The predicted molar refractivity (Wildman–Crippen MR) is 75.7 cm³/mol. The third-order valence-electron chi connectivity index (χ3n) is 3.17. The van der Waals surface area contributed by atoms with Crippen LogP contribution in [0.1, 0.15) is 31.7 Å². The summed E-state index contributed by atoms with van der Waals surface area (Å²) in [4.78, 5) is 28.9. The average Bonchev–Trinajstić information content (AvgIpc) is 2.76. The van der Waals surface area contributed by atoms with E-state index in [1.807, 2.05) is 0 Å². The van der Waals surface area contributed by atoms with Crippen molar-refractivity contribution >= 4 is 11.2 Å². The third-order valence-corrected chi connectivity index (χ3v) is 3.17. The fraction of sp³-hybridized carbons (Fsp3) is 0.615. The Morgan fingerprint density at radius 3 is 2.90 bits per heavy atom. The molecule has 0 aromatic carbocycles. The van der Waals surface area contributed by atoms with Crippen molar-refractivity contribution in [1.29, 1.82) is 0 Å². The van der Waals surface area contributed by atoms with Gasteiger partial charge in [0.05, 0.1) is 13.8 Å². The fourth-order valence-corrected chi connectivity index (χ4v) is 2.10. The lowest BCUT2D eigenvalue weighted by Gasteiger charge is -2.09. The lowest BCUT2D eigenvalue weighted by atomic mass is 10.2. The topological polar surface area (TPSA) is 82.0 Å². The van der Waals surface area contributed by atoms with E-state index in [-0.39, 0.29) is 24.1 Å². The molecule has 0 fully saturated rings. The van der Waals surface area contributed by atoms with Crippen LogP contribution in [-0.2, 0) is 20.6 Å². The SMILES string of the molecule is [2H]C([2H])([2H])n1c(=O)n(CCCC[C@@]([2H])(C)O)c(=O)c2c1ncn2C. The number of aryl methyl sites for hydroxylation is 2. The van der Waals surface area contributed by atoms with Crippen molar-refractivity contribution in [3.63, 3.8) is 0 Å². The second-order valence-corrected chi connectivity index (χ2v) is 4.79. The molecule has 2 aromatic heterocycles. The Morgan fingerprint density at radius 2 is 2.25 bits per heavy atom. The van der Waals surface area contributed by atoms with E-state index in [2.05, 4.69) is 4.98 Å². The van der Waals surface area contributed by atoms with Gasteiger partial charge in [-0.05, 0) is 26.2 Å². The molecule has 0 saturated heterocycles. The number of nitrogens with zero attached hydrogens (tertiary/aromatic N) is 4. The Labute approximate surface area is 121 Å². The lowest BCUT2D eigenvalue weighted by molar-refractivity contribution is 0.180. The van der Waals surface area contributed by atoms with Crippen LogP contribution < -0.4 is 11.2 Å². The molecule has 0 radical (unpaired) electrons. The van der Waals surface area contributed by atoms with E-state index in [9.17, 15) is 14.7 Å². The number of imidazole rings is 1. The van der Waals surface area contributed by atoms with Crippen molar-refractivity contribution in [2.45, 2.75) is 38.8 Å². The molecule has 7 nitrogen and oxygen atoms in total.